The van der Waals surface area contributed by atoms with Gasteiger partial charge in [-0.2, -0.15) is 0 Å². The first-order valence-electron chi connectivity index (χ1n) is 7.71. The van der Waals surface area contributed by atoms with Crippen molar-refractivity contribution >= 4 is 17.3 Å². The molecule has 22 heavy (non-hydrogen) atoms. The lowest BCUT2D eigenvalue weighted by atomic mass is 10.1. The number of hydrogen-bond acceptors (Lipinski definition) is 5. The Morgan fingerprint density at radius 3 is 2.36 bits per heavy atom. The van der Waals surface area contributed by atoms with Gasteiger partial charge in [0.05, 0.1) is 18.4 Å². The van der Waals surface area contributed by atoms with Gasteiger partial charge in [-0.05, 0) is 18.7 Å². The Morgan fingerprint density at radius 2 is 1.86 bits per heavy atom. The van der Waals surface area contributed by atoms with Crippen molar-refractivity contribution in [1.29, 1.82) is 0 Å². The van der Waals surface area contributed by atoms with E-state index < -0.39 is 11.8 Å². The molecule has 2 N–H and O–H groups in total. The van der Waals surface area contributed by atoms with Crippen molar-refractivity contribution in [3.8, 4) is 0 Å². The molecular formula is C16H26FN3O2. The third kappa shape index (κ3) is 4.10. The summed E-state index contributed by atoms with van der Waals surface area (Å²) in [5.74, 6) is -0.948. The molecule has 1 aliphatic heterocycles. The summed E-state index contributed by atoms with van der Waals surface area (Å²) in [6, 6.07) is 2.67. The average molecular weight is 311 g/mol. The van der Waals surface area contributed by atoms with Gasteiger partial charge in [0.1, 0.15) is 5.82 Å². The molecule has 1 aromatic carbocycles. The Hall–Kier alpha value is -1.82. The van der Waals surface area contributed by atoms with Gasteiger partial charge in [0.15, 0.2) is 0 Å². The van der Waals surface area contributed by atoms with Gasteiger partial charge in [0, 0.05) is 31.9 Å². The Kier molecular flexibility index (Phi) is 7.11. The molecule has 2 rings (SSSR count). The number of hydrogen-bond donors (Lipinski definition) is 1. The van der Waals surface area contributed by atoms with Crippen LogP contribution in [0.15, 0.2) is 12.1 Å². The standard InChI is InChI=1S/C14H20FN3O2.C2H6/c1-3-17-4-6-18(7-5-17)13-8-10(14(19)20-2)12(16)9-11(13)15;1-2/h8-9H,3-7,16H2,1-2H3;1-2H3. The van der Waals surface area contributed by atoms with Crippen LogP contribution in [0.1, 0.15) is 31.1 Å². The van der Waals surface area contributed by atoms with E-state index in [2.05, 4.69) is 16.6 Å². The first-order chi connectivity index (χ1) is 10.6. The number of nitrogens with two attached hydrogens (primary N) is 1. The van der Waals surface area contributed by atoms with E-state index in [1.807, 2.05) is 18.7 Å². The zero-order chi connectivity index (χ0) is 16.7. The minimum Gasteiger partial charge on any atom is -0.465 e. The van der Waals surface area contributed by atoms with Crippen molar-refractivity contribution in [2.24, 2.45) is 0 Å². The molecule has 0 saturated carbocycles. The Morgan fingerprint density at radius 1 is 1.27 bits per heavy atom. The van der Waals surface area contributed by atoms with Crippen LogP contribution >= 0.6 is 0 Å². The van der Waals surface area contributed by atoms with E-state index in [1.165, 1.54) is 19.2 Å². The SMILES string of the molecule is CC.CCN1CCN(c2cc(C(=O)OC)c(N)cc2F)CC1. The first kappa shape index (κ1) is 18.2. The molecule has 0 atom stereocenters. The maximum Gasteiger partial charge on any atom is 0.340 e. The summed E-state index contributed by atoms with van der Waals surface area (Å²) < 4.78 is 18.7. The van der Waals surface area contributed by atoms with E-state index in [0.29, 0.717) is 5.69 Å². The molecule has 1 fully saturated rings. The summed E-state index contributed by atoms with van der Waals surface area (Å²) >= 11 is 0. The van der Waals surface area contributed by atoms with Crippen LogP contribution in [0.4, 0.5) is 15.8 Å². The molecule has 0 radical (unpaired) electrons. The number of ether oxygens (including phenoxy) is 1. The van der Waals surface area contributed by atoms with Crippen LogP contribution in [-0.2, 0) is 4.74 Å². The predicted octanol–water partition coefficient (Wildman–Crippen LogP) is 2.36. The van der Waals surface area contributed by atoms with E-state index in [4.69, 9.17) is 5.73 Å². The smallest absolute Gasteiger partial charge is 0.340 e. The van der Waals surface area contributed by atoms with Gasteiger partial charge in [-0.25, -0.2) is 9.18 Å². The topological polar surface area (TPSA) is 58.8 Å². The minimum atomic E-state index is -0.545. The molecule has 1 heterocycles. The fraction of sp³-hybridized carbons (Fsp3) is 0.562. The highest BCUT2D eigenvalue weighted by molar-refractivity contribution is 5.96. The van der Waals surface area contributed by atoms with Crippen molar-refractivity contribution in [2.75, 3.05) is 50.5 Å². The first-order valence-corrected chi connectivity index (χ1v) is 7.71. The van der Waals surface area contributed by atoms with Crippen LogP contribution < -0.4 is 10.6 Å². The summed E-state index contributed by atoms with van der Waals surface area (Å²) in [7, 11) is 1.28. The molecule has 0 spiro atoms. The van der Waals surface area contributed by atoms with Gasteiger partial charge in [-0.3, -0.25) is 0 Å². The van der Waals surface area contributed by atoms with Crippen LogP contribution in [0.3, 0.4) is 0 Å². The molecule has 0 aliphatic carbocycles. The molecule has 0 bridgehead atoms. The second-order valence-electron chi connectivity index (χ2n) is 4.80. The van der Waals surface area contributed by atoms with Gasteiger partial charge in [0.25, 0.3) is 0 Å². The average Bonchev–Trinajstić information content (AvgIpc) is 2.56. The molecule has 1 saturated heterocycles. The van der Waals surface area contributed by atoms with Crippen molar-refractivity contribution in [3.63, 3.8) is 0 Å². The number of methoxy groups -OCH3 is 1. The number of esters is 1. The van der Waals surface area contributed by atoms with Crippen molar-refractivity contribution in [2.45, 2.75) is 20.8 Å². The number of carbonyl (C=O) groups excluding carboxylic acids is 1. The lowest BCUT2D eigenvalue weighted by molar-refractivity contribution is 0.0602. The number of nitrogens with zero attached hydrogens (tertiary/aromatic N) is 2. The fourth-order valence-corrected chi connectivity index (χ4v) is 2.41. The number of carbonyl (C=O) groups is 1. The molecule has 0 aromatic heterocycles. The quantitative estimate of drug-likeness (QED) is 0.686. The fourth-order valence-electron chi connectivity index (χ4n) is 2.41. The Balaban J connectivity index is 0.00000116. The van der Waals surface area contributed by atoms with Crippen LogP contribution in [0, 0.1) is 5.82 Å². The predicted molar refractivity (Wildman–Crippen MR) is 87.8 cm³/mol. The summed E-state index contributed by atoms with van der Waals surface area (Å²) in [6.07, 6.45) is 0. The molecule has 124 valence electrons. The highest BCUT2D eigenvalue weighted by atomic mass is 19.1. The summed E-state index contributed by atoms with van der Waals surface area (Å²) in [6.45, 7) is 10.3. The van der Waals surface area contributed by atoms with Crippen LogP contribution in [0.25, 0.3) is 0 Å². The van der Waals surface area contributed by atoms with Gasteiger partial charge < -0.3 is 20.3 Å². The molecule has 1 aliphatic rings. The van der Waals surface area contributed by atoms with Crippen molar-refractivity contribution in [3.05, 3.63) is 23.5 Å². The van der Waals surface area contributed by atoms with Gasteiger partial charge in [0.2, 0.25) is 0 Å². The highest BCUT2D eigenvalue weighted by Crippen LogP contribution is 2.27. The van der Waals surface area contributed by atoms with Crippen molar-refractivity contribution < 1.29 is 13.9 Å². The van der Waals surface area contributed by atoms with E-state index in [9.17, 15) is 9.18 Å². The number of anilines is 2. The maximum absolute atomic E-state index is 14.1. The van der Waals surface area contributed by atoms with E-state index in [1.54, 1.807) is 0 Å². The van der Waals surface area contributed by atoms with Gasteiger partial charge in [-0.1, -0.05) is 20.8 Å². The van der Waals surface area contributed by atoms with Crippen LogP contribution in [0.5, 0.6) is 0 Å². The zero-order valence-corrected chi connectivity index (χ0v) is 13.9. The van der Waals surface area contributed by atoms with Gasteiger partial charge >= 0.3 is 5.97 Å². The molecule has 0 unspecified atom stereocenters. The monoisotopic (exact) mass is 311 g/mol. The second-order valence-corrected chi connectivity index (χ2v) is 4.80. The lowest BCUT2D eigenvalue weighted by Gasteiger charge is -2.35. The Labute approximate surface area is 131 Å². The Bertz CT molecular complexity index is 500. The van der Waals surface area contributed by atoms with E-state index in [-0.39, 0.29) is 11.3 Å². The normalized spacial score (nSPS) is 15.0. The third-order valence-corrected chi connectivity index (χ3v) is 3.68. The summed E-state index contributed by atoms with van der Waals surface area (Å²) in [5, 5.41) is 0. The third-order valence-electron chi connectivity index (χ3n) is 3.68. The maximum atomic E-state index is 14.1. The summed E-state index contributed by atoms with van der Waals surface area (Å²) in [4.78, 5) is 15.9. The second kappa shape index (κ2) is 8.58. The molecule has 1 aromatic rings. The van der Waals surface area contributed by atoms with E-state index in [0.717, 1.165) is 32.7 Å². The summed E-state index contributed by atoms with van der Waals surface area (Å²) in [5.41, 5.74) is 6.40. The number of likely N-dealkylation sites (N-methyl/N-ethyl adjacent to an activating group) is 1. The molecular weight excluding hydrogens is 285 g/mol. The molecule has 5 nitrogen and oxygen atoms in total. The lowest BCUT2D eigenvalue weighted by Crippen LogP contribution is -2.46. The molecule has 6 heteroatoms. The van der Waals surface area contributed by atoms with Gasteiger partial charge in [-0.15, -0.1) is 0 Å². The number of rotatable bonds is 3. The number of halogens is 1. The zero-order valence-electron chi connectivity index (χ0n) is 13.9. The van der Waals surface area contributed by atoms with Crippen LogP contribution in [0.2, 0.25) is 0 Å². The molecule has 0 amide bonds. The highest BCUT2D eigenvalue weighted by Gasteiger charge is 2.21. The van der Waals surface area contributed by atoms with Crippen molar-refractivity contribution in [1.82, 2.24) is 4.90 Å². The number of piperazine rings is 1. The van der Waals surface area contributed by atoms with E-state index >= 15 is 0 Å². The largest absolute Gasteiger partial charge is 0.465 e. The minimum absolute atomic E-state index is 0.102. The van der Waals surface area contributed by atoms with Crippen LogP contribution in [-0.4, -0.2) is 50.7 Å². The number of benzene rings is 1. The number of nitrogen functional groups attached to an aromatic ring is 1.